The number of nitrogens with zero attached hydrogens (tertiary/aromatic N) is 2. The maximum absolute atomic E-state index is 14.4. The van der Waals surface area contributed by atoms with E-state index >= 15 is 0 Å². The Kier molecular flexibility index (Phi) is 10.5. The highest BCUT2D eigenvalue weighted by molar-refractivity contribution is 7.99. The number of thioether (sulfide) groups is 1. The van der Waals surface area contributed by atoms with Crippen molar-refractivity contribution >= 4 is 56.4 Å². The number of fused-ring (bicyclic) bond motifs is 3. The van der Waals surface area contributed by atoms with Gasteiger partial charge >= 0.3 is 6.09 Å². The summed E-state index contributed by atoms with van der Waals surface area (Å²) in [6.45, 7) is 5.15. The minimum absolute atomic E-state index is 0.0130. The van der Waals surface area contributed by atoms with Crippen LogP contribution in [-0.4, -0.2) is 102 Å². The molecule has 51 heavy (non-hydrogen) atoms. The fraction of sp³-hybridized carbons (Fsp3) is 0.571. The summed E-state index contributed by atoms with van der Waals surface area (Å²) in [4.78, 5) is 61.0. The van der Waals surface area contributed by atoms with Crippen molar-refractivity contribution in [2.24, 2.45) is 5.92 Å². The molecule has 2 saturated carbocycles. The standard InChI is InChI=1S/C35H45N5O9S2/c1-34(2,3)49-33(44)37-27-20-50-15-7-5-6-8-22-18-35(22,32(43)39-51(45,46)25-10-11-25)38-29(41)28-17-24(19-40(28)31(27)42)48-30-26-12-9-23(47-4)16-21(26)13-14-36-30/h6,8-9,12-14,16,22,24-25,27-28H,5,7,10-11,15,17-20H2,1-4H3,(H,37,44)(H,38,41)(H,39,43)/b8-6-. The summed E-state index contributed by atoms with van der Waals surface area (Å²) in [6.07, 6.45) is 6.58. The van der Waals surface area contributed by atoms with Crippen molar-refractivity contribution in [3.05, 3.63) is 42.6 Å². The third-order valence-corrected chi connectivity index (χ3v) is 12.3. The van der Waals surface area contributed by atoms with Gasteiger partial charge in [-0.05, 0) is 88.3 Å². The lowest BCUT2D eigenvalue weighted by molar-refractivity contribution is -0.140. The number of carbonyl (C=O) groups excluding carboxylic acids is 4. The number of sulfonamides is 1. The van der Waals surface area contributed by atoms with Crippen molar-refractivity contribution in [2.45, 2.75) is 93.9 Å². The Balaban J connectivity index is 1.30. The van der Waals surface area contributed by atoms with Crippen molar-refractivity contribution in [2.75, 3.05) is 25.2 Å². The lowest BCUT2D eigenvalue weighted by Crippen LogP contribution is -2.58. The molecule has 2 aliphatic heterocycles. The van der Waals surface area contributed by atoms with E-state index in [9.17, 15) is 27.6 Å². The lowest BCUT2D eigenvalue weighted by atomic mass is 10.1. The number of ether oxygens (including phenoxy) is 3. The Labute approximate surface area is 301 Å². The van der Waals surface area contributed by atoms with Crippen molar-refractivity contribution in [1.29, 1.82) is 0 Å². The van der Waals surface area contributed by atoms with Crippen LogP contribution in [0.5, 0.6) is 11.6 Å². The number of hydrogen-bond acceptors (Lipinski definition) is 11. The van der Waals surface area contributed by atoms with Gasteiger partial charge in [-0.3, -0.25) is 19.1 Å². The van der Waals surface area contributed by atoms with Crippen LogP contribution < -0.4 is 24.8 Å². The highest BCUT2D eigenvalue weighted by Crippen LogP contribution is 2.46. The van der Waals surface area contributed by atoms with Gasteiger partial charge in [0.2, 0.25) is 27.7 Å². The molecule has 4 aliphatic rings. The van der Waals surface area contributed by atoms with Gasteiger partial charge in [-0.15, -0.1) is 0 Å². The van der Waals surface area contributed by atoms with Crippen LogP contribution in [0.25, 0.3) is 10.8 Å². The Morgan fingerprint density at radius 3 is 2.67 bits per heavy atom. The number of carbonyl (C=O) groups is 4. The fourth-order valence-corrected chi connectivity index (χ4v) is 8.80. The number of pyridine rings is 1. The highest BCUT2D eigenvalue weighted by Gasteiger charge is 2.62. The molecule has 16 heteroatoms. The van der Waals surface area contributed by atoms with E-state index in [0.717, 1.165) is 11.8 Å². The first-order valence-corrected chi connectivity index (χ1v) is 19.9. The number of amides is 4. The topological polar surface area (TPSA) is 182 Å². The molecule has 0 spiro atoms. The van der Waals surface area contributed by atoms with Crippen LogP contribution >= 0.6 is 11.8 Å². The zero-order chi connectivity index (χ0) is 36.6. The molecule has 3 N–H and O–H groups in total. The lowest BCUT2D eigenvalue weighted by Gasteiger charge is -2.30. The summed E-state index contributed by atoms with van der Waals surface area (Å²) in [6, 6.07) is 5.13. The average Bonchev–Trinajstić information content (AvgIpc) is 3.99. The molecule has 3 heterocycles. The second kappa shape index (κ2) is 14.5. The molecule has 1 aromatic carbocycles. The van der Waals surface area contributed by atoms with Crippen molar-refractivity contribution in [3.63, 3.8) is 0 Å². The Morgan fingerprint density at radius 1 is 1.16 bits per heavy atom. The molecule has 2 aromatic rings. The SMILES string of the molecule is COc1ccc2c(OC3CC4C(=O)NC5(C(=O)NS(=O)(=O)C6CC6)CC5/C=C\CCCSCC(NC(=O)OC(C)(C)C)C(=O)N4C3)nccc2c1. The third kappa shape index (κ3) is 8.54. The first kappa shape index (κ1) is 36.7. The quantitative estimate of drug-likeness (QED) is 0.355. The van der Waals surface area contributed by atoms with Gasteiger partial charge in [0.15, 0.2) is 0 Å². The Bertz CT molecular complexity index is 1830. The number of nitrogens with one attached hydrogen (secondary N) is 3. The Morgan fingerprint density at radius 2 is 1.94 bits per heavy atom. The summed E-state index contributed by atoms with van der Waals surface area (Å²) in [5.74, 6) is -0.466. The molecule has 4 amide bonds. The predicted molar refractivity (Wildman–Crippen MR) is 191 cm³/mol. The first-order valence-electron chi connectivity index (χ1n) is 17.2. The van der Waals surface area contributed by atoms with E-state index in [-0.39, 0.29) is 25.1 Å². The number of methoxy groups -OCH3 is 1. The van der Waals surface area contributed by atoms with Gasteiger partial charge in [0.25, 0.3) is 5.91 Å². The minimum atomic E-state index is -3.88. The van der Waals surface area contributed by atoms with E-state index < -0.39 is 74.3 Å². The summed E-state index contributed by atoms with van der Waals surface area (Å²) in [5, 5.41) is 6.48. The summed E-state index contributed by atoms with van der Waals surface area (Å²) in [7, 11) is -2.31. The average molecular weight is 744 g/mol. The second-order valence-electron chi connectivity index (χ2n) is 14.5. The van der Waals surface area contributed by atoms with E-state index in [1.54, 1.807) is 40.1 Å². The maximum atomic E-state index is 14.4. The molecule has 2 aliphatic carbocycles. The number of aromatic nitrogens is 1. The van der Waals surface area contributed by atoms with Crippen LogP contribution in [0, 0.1) is 5.92 Å². The van der Waals surface area contributed by atoms with Gasteiger partial charge in [0, 0.05) is 29.7 Å². The van der Waals surface area contributed by atoms with Gasteiger partial charge in [0.1, 0.15) is 35.1 Å². The molecule has 0 radical (unpaired) electrons. The molecule has 0 bridgehead atoms. The normalized spacial score (nSPS) is 27.9. The van der Waals surface area contributed by atoms with E-state index in [0.29, 0.717) is 42.0 Å². The van der Waals surface area contributed by atoms with Gasteiger partial charge in [-0.1, -0.05) is 12.2 Å². The largest absolute Gasteiger partial charge is 0.497 e. The van der Waals surface area contributed by atoms with Gasteiger partial charge < -0.3 is 29.7 Å². The summed E-state index contributed by atoms with van der Waals surface area (Å²) >= 11 is 1.50. The number of alkyl carbamates (subject to hydrolysis) is 1. The van der Waals surface area contributed by atoms with Crippen LogP contribution in [-0.2, 0) is 29.1 Å². The molecular formula is C35H45N5O9S2. The van der Waals surface area contributed by atoms with Crippen molar-refractivity contribution in [3.8, 4) is 11.6 Å². The van der Waals surface area contributed by atoms with Crippen LogP contribution in [0.4, 0.5) is 4.79 Å². The smallest absolute Gasteiger partial charge is 0.408 e. The van der Waals surface area contributed by atoms with Gasteiger partial charge in [-0.25, -0.2) is 18.2 Å². The van der Waals surface area contributed by atoms with Crippen molar-refractivity contribution < 1.29 is 41.8 Å². The predicted octanol–water partition coefficient (Wildman–Crippen LogP) is 3.05. The minimum Gasteiger partial charge on any atom is -0.497 e. The maximum Gasteiger partial charge on any atom is 0.408 e. The van der Waals surface area contributed by atoms with Gasteiger partial charge in [0.05, 0.1) is 18.9 Å². The third-order valence-electron chi connectivity index (χ3n) is 9.33. The fourth-order valence-electron chi connectivity index (χ4n) is 6.44. The summed E-state index contributed by atoms with van der Waals surface area (Å²) in [5.41, 5.74) is -2.30. The monoisotopic (exact) mass is 743 g/mol. The summed E-state index contributed by atoms with van der Waals surface area (Å²) < 4.78 is 45.0. The molecule has 6 rings (SSSR count). The molecule has 3 fully saturated rings. The van der Waals surface area contributed by atoms with E-state index in [1.807, 2.05) is 30.4 Å². The number of rotatable bonds is 7. The second-order valence-corrected chi connectivity index (χ2v) is 17.6. The molecular weight excluding hydrogens is 699 g/mol. The molecule has 14 nitrogen and oxygen atoms in total. The highest BCUT2D eigenvalue weighted by atomic mass is 32.2. The van der Waals surface area contributed by atoms with Crippen LogP contribution in [0.2, 0.25) is 0 Å². The van der Waals surface area contributed by atoms with Crippen LogP contribution in [0.15, 0.2) is 42.6 Å². The van der Waals surface area contributed by atoms with Gasteiger partial charge in [-0.2, -0.15) is 11.8 Å². The molecule has 1 saturated heterocycles. The first-order chi connectivity index (χ1) is 24.2. The van der Waals surface area contributed by atoms with E-state index in [2.05, 4.69) is 20.3 Å². The van der Waals surface area contributed by atoms with E-state index in [4.69, 9.17) is 14.2 Å². The molecule has 276 valence electrons. The molecule has 5 atom stereocenters. The number of allylic oxidation sites excluding steroid dienone is 1. The Hall–Kier alpha value is -4.05. The van der Waals surface area contributed by atoms with E-state index in [1.165, 1.54) is 16.7 Å². The number of hydrogen-bond donors (Lipinski definition) is 3. The van der Waals surface area contributed by atoms with Crippen LogP contribution in [0.3, 0.4) is 0 Å². The molecule has 1 aromatic heterocycles. The van der Waals surface area contributed by atoms with Crippen LogP contribution in [0.1, 0.15) is 59.3 Å². The molecule has 5 unspecified atom stereocenters. The number of benzene rings is 1. The zero-order valence-electron chi connectivity index (χ0n) is 29.2. The van der Waals surface area contributed by atoms with Crippen molar-refractivity contribution in [1.82, 2.24) is 25.2 Å². The zero-order valence-corrected chi connectivity index (χ0v) is 30.8.